The number of rotatable bonds is 2. The summed E-state index contributed by atoms with van der Waals surface area (Å²) in [6.07, 6.45) is -0.611. The van der Waals surface area contributed by atoms with Crippen molar-refractivity contribution in [1.82, 2.24) is 4.90 Å². The van der Waals surface area contributed by atoms with E-state index in [0.717, 1.165) is 16.7 Å². The van der Waals surface area contributed by atoms with Gasteiger partial charge in [-0.25, -0.2) is 9.59 Å². The number of hydrogen-bond acceptors (Lipinski definition) is 3. The molecule has 1 N–H and O–H groups in total. The van der Waals surface area contributed by atoms with E-state index in [1.165, 1.54) is 4.90 Å². The summed E-state index contributed by atoms with van der Waals surface area (Å²) in [5.41, 5.74) is 2.04. The molecule has 2 aromatic rings. The highest BCUT2D eigenvalue weighted by Gasteiger charge is 2.44. The molecule has 0 aromatic heterocycles. The first-order valence-corrected chi connectivity index (χ1v) is 8.63. The van der Waals surface area contributed by atoms with Gasteiger partial charge in [-0.3, -0.25) is 4.90 Å². The monoisotopic (exact) mass is 353 g/mol. The fourth-order valence-electron chi connectivity index (χ4n) is 3.41. The topological polar surface area (TPSA) is 66.8 Å². The molecule has 5 nitrogen and oxygen atoms in total. The SMILES string of the molecule is CC(C)(C)OC(=O)N1Cc2ccccc2[C@H](c2ccccc2)[C@H]1C(=O)O. The number of benzene rings is 2. The van der Waals surface area contributed by atoms with Gasteiger partial charge in [0.15, 0.2) is 0 Å². The van der Waals surface area contributed by atoms with Crippen LogP contribution in [0.5, 0.6) is 0 Å². The van der Waals surface area contributed by atoms with Crippen LogP contribution in [0.15, 0.2) is 54.6 Å². The lowest BCUT2D eigenvalue weighted by Gasteiger charge is -2.40. The highest BCUT2D eigenvalue weighted by atomic mass is 16.6. The van der Waals surface area contributed by atoms with Crippen molar-refractivity contribution in [1.29, 1.82) is 0 Å². The molecule has 5 heteroatoms. The number of carbonyl (C=O) groups excluding carboxylic acids is 1. The van der Waals surface area contributed by atoms with Crippen LogP contribution in [0.1, 0.15) is 43.4 Å². The van der Waals surface area contributed by atoms with Gasteiger partial charge in [-0.2, -0.15) is 0 Å². The third-order valence-corrected chi connectivity index (χ3v) is 4.42. The molecule has 2 aromatic carbocycles. The van der Waals surface area contributed by atoms with Crippen molar-refractivity contribution >= 4 is 12.1 Å². The first-order chi connectivity index (χ1) is 12.3. The third-order valence-electron chi connectivity index (χ3n) is 4.42. The van der Waals surface area contributed by atoms with Crippen LogP contribution < -0.4 is 0 Å². The number of fused-ring (bicyclic) bond motifs is 1. The number of amides is 1. The summed E-state index contributed by atoms with van der Waals surface area (Å²) in [6, 6.07) is 16.1. The minimum atomic E-state index is -1.04. The molecule has 2 atom stereocenters. The van der Waals surface area contributed by atoms with Crippen LogP contribution in [-0.4, -0.2) is 33.7 Å². The molecule has 0 saturated heterocycles. The van der Waals surface area contributed by atoms with Gasteiger partial charge < -0.3 is 9.84 Å². The molecule has 3 rings (SSSR count). The molecular weight excluding hydrogens is 330 g/mol. The standard InChI is InChI=1S/C21H23NO4/c1-21(2,3)26-20(25)22-13-15-11-7-8-12-16(15)17(18(22)19(23)24)14-9-5-4-6-10-14/h4-12,17-18H,13H2,1-3H3,(H,23,24)/t17-,18-/m0/s1. The van der Waals surface area contributed by atoms with Crippen LogP contribution >= 0.6 is 0 Å². The van der Waals surface area contributed by atoms with E-state index in [1.54, 1.807) is 20.8 Å². The summed E-state index contributed by atoms with van der Waals surface area (Å²) in [4.78, 5) is 26.3. The number of carboxylic acids is 1. The van der Waals surface area contributed by atoms with Gasteiger partial charge in [0.05, 0.1) is 6.54 Å². The van der Waals surface area contributed by atoms with Gasteiger partial charge in [0, 0.05) is 5.92 Å². The minimum absolute atomic E-state index is 0.214. The van der Waals surface area contributed by atoms with E-state index < -0.39 is 29.6 Å². The predicted molar refractivity (Wildman–Crippen MR) is 97.9 cm³/mol. The van der Waals surface area contributed by atoms with Crippen molar-refractivity contribution in [2.45, 2.75) is 44.9 Å². The maximum absolute atomic E-state index is 12.8. The maximum atomic E-state index is 12.8. The Labute approximate surface area is 153 Å². The van der Waals surface area contributed by atoms with Gasteiger partial charge in [0.25, 0.3) is 0 Å². The largest absolute Gasteiger partial charge is 0.480 e. The van der Waals surface area contributed by atoms with Crippen LogP contribution in [0.2, 0.25) is 0 Å². The second-order valence-corrected chi connectivity index (χ2v) is 7.48. The Balaban J connectivity index is 2.11. The van der Waals surface area contributed by atoms with Gasteiger partial charge in [-0.05, 0) is 37.5 Å². The zero-order chi connectivity index (χ0) is 18.9. The molecule has 0 saturated carbocycles. The highest BCUT2D eigenvalue weighted by Crippen LogP contribution is 2.39. The molecular formula is C21H23NO4. The van der Waals surface area contributed by atoms with E-state index in [-0.39, 0.29) is 6.54 Å². The summed E-state index contributed by atoms with van der Waals surface area (Å²) in [5, 5.41) is 9.96. The van der Waals surface area contributed by atoms with Gasteiger partial charge in [0.2, 0.25) is 0 Å². The molecule has 0 radical (unpaired) electrons. The highest BCUT2D eigenvalue weighted by molar-refractivity contribution is 5.83. The fraction of sp³-hybridized carbons (Fsp3) is 0.333. The second-order valence-electron chi connectivity index (χ2n) is 7.48. The summed E-state index contributed by atoms with van der Waals surface area (Å²) in [7, 11) is 0. The maximum Gasteiger partial charge on any atom is 0.411 e. The molecule has 0 aliphatic carbocycles. The van der Waals surface area contributed by atoms with Crippen LogP contribution in [0.3, 0.4) is 0 Å². The van der Waals surface area contributed by atoms with E-state index in [9.17, 15) is 14.7 Å². The molecule has 1 heterocycles. The van der Waals surface area contributed by atoms with Crippen LogP contribution in [0, 0.1) is 0 Å². The van der Waals surface area contributed by atoms with Gasteiger partial charge in [-0.1, -0.05) is 54.6 Å². The van der Waals surface area contributed by atoms with E-state index in [1.807, 2.05) is 54.6 Å². The zero-order valence-corrected chi connectivity index (χ0v) is 15.2. The lowest BCUT2D eigenvalue weighted by molar-refractivity contribution is -0.144. The zero-order valence-electron chi connectivity index (χ0n) is 15.2. The molecule has 1 aliphatic rings. The van der Waals surface area contributed by atoms with Crippen molar-refractivity contribution in [3.05, 3.63) is 71.3 Å². The van der Waals surface area contributed by atoms with Crippen molar-refractivity contribution < 1.29 is 19.4 Å². The summed E-state index contributed by atoms with van der Waals surface area (Å²) >= 11 is 0. The first-order valence-electron chi connectivity index (χ1n) is 8.63. The van der Waals surface area contributed by atoms with Crippen molar-refractivity contribution in [3.8, 4) is 0 Å². The summed E-state index contributed by atoms with van der Waals surface area (Å²) in [5.74, 6) is -1.50. The lowest BCUT2D eigenvalue weighted by Crippen LogP contribution is -2.52. The number of carboxylic acid groups (broad SMARTS) is 1. The Bertz CT molecular complexity index is 810. The first kappa shape index (κ1) is 18.0. The Morgan fingerprint density at radius 1 is 1.04 bits per heavy atom. The van der Waals surface area contributed by atoms with E-state index >= 15 is 0 Å². The average Bonchev–Trinajstić information content (AvgIpc) is 2.59. The average molecular weight is 353 g/mol. The molecule has 1 aliphatic heterocycles. The Hall–Kier alpha value is -2.82. The number of ether oxygens (including phenoxy) is 1. The van der Waals surface area contributed by atoms with E-state index in [0.29, 0.717) is 0 Å². The summed E-state index contributed by atoms with van der Waals surface area (Å²) < 4.78 is 5.48. The Morgan fingerprint density at radius 2 is 1.65 bits per heavy atom. The van der Waals surface area contributed by atoms with Gasteiger partial charge in [-0.15, -0.1) is 0 Å². The van der Waals surface area contributed by atoms with Gasteiger partial charge in [0.1, 0.15) is 11.6 Å². The summed E-state index contributed by atoms with van der Waals surface area (Å²) in [6.45, 7) is 5.53. The third kappa shape index (κ3) is 3.57. The number of nitrogens with zero attached hydrogens (tertiary/aromatic N) is 1. The molecule has 136 valence electrons. The quantitative estimate of drug-likeness (QED) is 0.885. The van der Waals surface area contributed by atoms with E-state index in [2.05, 4.69) is 0 Å². The van der Waals surface area contributed by atoms with Crippen LogP contribution in [0.25, 0.3) is 0 Å². The second kappa shape index (κ2) is 6.83. The van der Waals surface area contributed by atoms with Crippen LogP contribution in [0.4, 0.5) is 4.79 Å². The van der Waals surface area contributed by atoms with Crippen LogP contribution in [-0.2, 0) is 16.1 Å². The molecule has 26 heavy (non-hydrogen) atoms. The Morgan fingerprint density at radius 3 is 2.27 bits per heavy atom. The molecule has 0 fully saturated rings. The molecule has 0 unspecified atom stereocenters. The molecule has 0 spiro atoms. The lowest BCUT2D eigenvalue weighted by atomic mass is 9.79. The smallest absolute Gasteiger partial charge is 0.411 e. The molecule has 0 bridgehead atoms. The fourth-order valence-corrected chi connectivity index (χ4v) is 3.41. The molecule has 1 amide bonds. The number of hydrogen-bond donors (Lipinski definition) is 1. The predicted octanol–water partition coefficient (Wildman–Crippen LogP) is 4.02. The van der Waals surface area contributed by atoms with Crippen molar-refractivity contribution in [2.24, 2.45) is 0 Å². The number of carbonyl (C=O) groups is 2. The van der Waals surface area contributed by atoms with Crippen molar-refractivity contribution in [2.75, 3.05) is 0 Å². The van der Waals surface area contributed by atoms with E-state index in [4.69, 9.17) is 4.74 Å². The normalized spacial score (nSPS) is 19.6. The minimum Gasteiger partial charge on any atom is -0.480 e. The van der Waals surface area contributed by atoms with Crippen molar-refractivity contribution in [3.63, 3.8) is 0 Å². The Kier molecular flexibility index (Phi) is 4.72. The van der Waals surface area contributed by atoms with Gasteiger partial charge >= 0.3 is 12.1 Å². The number of aliphatic carboxylic acids is 1.